The summed E-state index contributed by atoms with van der Waals surface area (Å²) in [5.41, 5.74) is 2.46. The number of carbonyl (C=O) groups is 2. The Labute approximate surface area is 198 Å². The molecule has 6 heteroatoms. The topological polar surface area (TPSA) is 87.1 Å². The van der Waals surface area contributed by atoms with E-state index in [2.05, 4.69) is 0 Å². The number of aliphatic hydroxyl groups is 1. The average Bonchev–Trinajstić information content (AvgIpc) is 3.10. The molecule has 34 heavy (non-hydrogen) atoms. The molecule has 174 valence electrons. The van der Waals surface area contributed by atoms with Crippen molar-refractivity contribution in [2.24, 2.45) is 0 Å². The van der Waals surface area contributed by atoms with Gasteiger partial charge >= 0.3 is 0 Å². The van der Waals surface area contributed by atoms with Crippen LogP contribution in [-0.2, 0) is 9.59 Å². The fraction of sp³-hybridized carbons (Fsp3) is 0.214. The van der Waals surface area contributed by atoms with Gasteiger partial charge in [0.25, 0.3) is 11.7 Å². The summed E-state index contributed by atoms with van der Waals surface area (Å²) >= 11 is 0. The van der Waals surface area contributed by atoms with E-state index in [9.17, 15) is 19.8 Å². The molecule has 1 unspecified atom stereocenters. The molecule has 1 aliphatic rings. The van der Waals surface area contributed by atoms with Crippen LogP contribution in [-0.4, -0.2) is 28.5 Å². The number of ether oxygens (including phenoxy) is 1. The van der Waals surface area contributed by atoms with Crippen LogP contribution in [0.5, 0.6) is 11.5 Å². The molecule has 1 saturated heterocycles. The van der Waals surface area contributed by atoms with E-state index < -0.39 is 17.7 Å². The van der Waals surface area contributed by atoms with Gasteiger partial charge in [-0.2, -0.15) is 0 Å². The minimum Gasteiger partial charge on any atom is -0.508 e. The van der Waals surface area contributed by atoms with Crippen LogP contribution in [0.3, 0.4) is 0 Å². The van der Waals surface area contributed by atoms with Gasteiger partial charge in [-0.1, -0.05) is 44.2 Å². The lowest BCUT2D eigenvalue weighted by Gasteiger charge is -2.25. The molecule has 1 amide bonds. The third-order valence-corrected chi connectivity index (χ3v) is 5.89. The maximum Gasteiger partial charge on any atom is 0.300 e. The fourth-order valence-electron chi connectivity index (χ4n) is 4.25. The highest BCUT2D eigenvalue weighted by Gasteiger charge is 2.47. The second-order valence-electron chi connectivity index (χ2n) is 8.44. The summed E-state index contributed by atoms with van der Waals surface area (Å²) in [7, 11) is 0. The number of ketones is 1. The average molecular weight is 458 g/mol. The number of aliphatic hydroxyl groups excluding tert-OH is 1. The standard InChI is InChI=1S/C28H27NO5/c1-4-34-23-15-12-19(16-22(23)17(2)3)26(31)24-25(18-10-13-21(30)14-11-18)29(28(33)27(24)32)20-8-6-5-7-9-20/h5-17,25,30-31H,4H2,1-3H3/b26-24-. The van der Waals surface area contributed by atoms with E-state index in [4.69, 9.17) is 4.74 Å². The van der Waals surface area contributed by atoms with Crippen LogP contribution >= 0.6 is 0 Å². The smallest absolute Gasteiger partial charge is 0.300 e. The van der Waals surface area contributed by atoms with Crippen LogP contribution in [0.2, 0.25) is 0 Å². The Morgan fingerprint density at radius 1 is 1.00 bits per heavy atom. The first-order chi connectivity index (χ1) is 16.3. The lowest BCUT2D eigenvalue weighted by molar-refractivity contribution is -0.132. The molecule has 1 fully saturated rings. The number of nitrogens with zero attached hydrogens (tertiary/aromatic N) is 1. The highest BCUT2D eigenvalue weighted by Crippen LogP contribution is 2.43. The van der Waals surface area contributed by atoms with Gasteiger partial charge in [-0.3, -0.25) is 14.5 Å². The normalized spacial score (nSPS) is 17.4. The van der Waals surface area contributed by atoms with Gasteiger partial charge in [-0.05, 0) is 66.4 Å². The first-order valence-electron chi connectivity index (χ1n) is 11.3. The van der Waals surface area contributed by atoms with E-state index in [1.165, 1.54) is 17.0 Å². The molecule has 0 spiro atoms. The maximum atomic E-state index is 13.3. The predicted molar refractivity (Wildman–Crippen MR) is 131 cm³/mol. The summed E-state index contributed by atoms with van der Waals surface area (Å²) in [6.07, 6.45) is 0. The Balaban J connectivity index is 1.92. The number of anilines is 1. The number of phenols is 1. The molecule has 1 heterocycles. The van der Waals surface area contributed by atoms with Gasteiger partial charge in [-0.25, -0.2) is 0 Å². The van der Waals surface area contributed by atoms with Crippen molar-refractivity contribution < 1.29 is 24.5 Å². The highest BCUT2D eigenvalue weighted by atomic mass is 16.5. The summed E-state index contributed by atoms with van der Waals surface area (Å²) in [6.45, 7) is 6.45. The summed E-state index contributed by atoms with van der Waals surface area (Å²) in [5, 5.41) is 21.1. The number of amides is 1. The minimum atomic E-state index is -0.850. The summed E-state index contributed by atoms with van der Waals surface area (Å²) in [5.74, 6) is -0.837. The Kier molecular flexibility index (Phi) is 6.41. The van der Waals surface area contributed by atoms with Crippen LogP contribution in [0.25, 0.3) is 5.76 Å². The molecule has 1 atom stereocenters. The van der Waals surface area contributed by atoms with Crippen molar-refractivity contribution in [1.29, 1.82) is 0 Å². The fourth-order valence-corrected chi connectivity index (χ4v) is 4.25. The van der Waals surface area contributed by atoms with Gasteiger partial charge in [-0.15, -0.1) is 0 Å². The zero-order chi connectivity index (χ0) is 24.4. The maximum absolute atomic E-state index is 13.3. The van der Waals surface area contributed by atoms with Crippen molar-refractivity contribution in [3.05, 3.63) is 95.1 Å². The van der Waals surface area contributed by atoms with Crippen molar-refractivity contribution >= 4 is 23.1 Å². The molecule has 4 rings (SSSR count). The van der Waals surface area contributed by atoms with Crippen molar-refractivity contribution in [1.82, 2.24) is 0 Å². The van der Waals surface area contributed by atoms with E-state index in [0.717, 1.165) is 5.56 Å². The first kappa shape index (κ1) is 23.1. The summed E-state index contributed by atoms with van der Waals surface area (Å²) < 4.78 is 5.72. The molecule has 3 aromatic rings. The van der Waals surface area contributed by atoms with E-state index in [0.29, 0.717) is 29.2 Å². The SMILES string of the molecule is CCOc1ccc(/C(O)=C2/C(=O)C(=O)N(c3ccccc3)C2c2ccc(O)cc2)cc1C(C)C. The van der Waals surface area contributed by atoms with E-state index in [1.54, 1.807) is 54.6 Å². The Morgan fingerprint density at radius 3 is 2.29 bits per heavy atom. The van der Waals surface area contributed by atoms with Crippen molar-refractivity contribution in [3.63, 3.8) is 0 Å². The molecule has 3 aromatic carbocycles. The number of aromatic hydroxyl groups is 1. The largest absolute Gasteiger partial charge is 0.508 e. The van der Waals surface area contributed by atoms with Gasteiger partial charge in [0.2, 0.25) is 0 Å². The second kappa shape index (κ2) is 9.43. The van der Waals surface area contributed by atoms with Gasteiger partial charge in [0.15, 0.2) is 0 Å². The number of phenolic OH excluding ortho intramolecular Hbond substituents is 1. The second-order valence-corrected chi connectivity index (χ2v) is 8.44. The molecule has 0 radical (unpaired) electrons. The Morgan fingerprint density at radius 2 is 1.68 bits per heavy atom. The number of hydrogen-bond acceptors (Lipinski definition) is 5. The Hall–Kier alpha value is -4.06. The number of hydrogen-bond donors (Lipinski definition) is 2. The molecule has 6 nitrogen and oxygen atoms in total. The molecule has 0 bridgehead atoms. The number of para-hydroxylation sites is 1. The lowest BCUT2D eigenvalue weighted by atomic mass is 9.93. The zero-order valence-corrected chi connectivity index (χ0v) is 19.4. The van der Waals surface area contributed by atoms with Gasteiger partial charge in [0.1, 0.15) is 17.3 Å². The number of rotatable bonds is 6. The van der Waals surface area contributed by atoms with Gasteiger partial charge in [0, 0.05) is 11.3 Å². The number of benzene rings is 3. The molecule has 0 aromatic heterocycles. The van der Waals surface area contributed by atoms with Crippen LogP contribution in [0, 0.1) is 0 Å². The van der Waals surface area contributed by atoms with Crippen LogP contribution in [0.1, 0.15) is 49.4 Å². The van der Waals surface area contributed by atoms with Crippen LogP contribution in [0.15, 0.2) is 78.4 Å². The molecular weight excluding hydrogens is 430 g/mol. The minimum absolute atomic E-state index is 0.00147. The molecule has 0 aliphatic carbocycles. The predicted octanol–water partition coefficient (Wildman–Crippen LogP) is 5.54. The molecule has 2 N–H and O–H groups in total. The van der Waals surface area contributed by atoms with E-state index >= 15 is 0 Å². The van der Waals surface area contributed by atoms with Crippen molar-refractivity contribution in [2.45, 2.75) is 32.7 Å². The molecule has 0 saturated carbocycles. The lowest BCUT2D eigenvalue weighted by Crippen LogP contribution is -2.29. The number of carbonyl (C=O) groups excluding carboxylic acids is 2. The summed E-state index contributed by atoms with van der Waals surface area (Å²) in [6, 6.07) is 19.6. The summed E-state index contributed by atoms with van der Waals surface area (Å²) in [4.78, 5) is 27.8. The van der Waals surface area contributed by atoms with Gasteiger partial charge < -0.3 is 14.9 Å². The van der Waals surface area contributed by atoms with Crippen molar-refractivity contribution in [2.75, 3.05) is 11.5 Å². The highest BCUT2D eigenvalue weighted by molar-refractivity contribution is 6.51. The third-order valence-electron chi connectivity index (χ3n) is 5.89. The molecular formula is C28H27NO5. The van der Waals surface area contributed by atoms with Crippen LogP contribution < -0.4 is 9.64 Å². The monoisotopic (exact) mass is 457 g/mol. The number of Topliss-reactive ketones (excluding diaryl/α,β-unsaturated/α-hetero) is 1. The first-order valence-corrected chi connectivity index (χ1v) is 11.3. The zero-order valence-electron chi connectivity index (χ0n) is 19.4. The van der Waals surface area contributed by atoms with E-state index in [1.807, 2.05) is 26.8 Å². The van der Waals surface area contributed by atoms with Gasteiger partial charge in [0.05, 0.1) is 18.2 Å². The van der Waals surface area contributed by atoms with Crippen LogP contribution in [0.4, 0.5) is 5.69 Å². The molecule has 1 aliphatic heterocycles. The van der Waals surface area contributed by atoms with E-state index in [-0.39, 0.29) is 23.0 Å². The van der Waals surface area contributed by atoms with Crippen molar-refractivity contribution in [3.8, 4) is 11.5 Å². The third kappa shape index (κ3) is 4.15. The Bertz CT molecular complexity index is 1250. The quantitative estimate of drug-likeness (QED) is 0.288.